The van der Waals surface area contributed by atoms with Crippen molar-refractivity contribution in [1.82, 2.24) is 15.3 Å². The van der Waals surface area contributed by atoms with Gasteiger partial charge in [-0.2, -0.15) is 0 Å². The van der Waals surface area contributed by atoms with Crippen LogP contribution in [-0.4, -0.2) is 29.0 Å². The van der Waals surface area contributed by atoms with Crippen LogP contribution in [0.25, 0.3) is 0 Å². The average Bonchev–Trinajstić information content (AvgIpc) is 2.76. The molecule has 150 valence electrons. The lowest BCUT2D eigenvalue weighted by Crippen LogP contribution is -2.27. The van der Waals surface area contributed by atoms with E-state index in [1.165, 1.54) is 12.0 Å². The number of rotatable bonds is 8. The largest absolute Gasteiger partial charge is 0.372 e. The molecular formula is C23H27N5O. The highest BCUT2D eigenvalue weighted by molar-refractivity contribution is 5.93. The van der Waals surface area contributed by atoms with Gasteiger partial charge < -0.3 is 15.5 Å². The van der Waals surface area contributed by atoms with Gasteiger partial charge in [0.05, 0.1) is 6.04 Å². The van der Waals surface area contributed by atoms with E-state index in [1.54, 1.807) is 6.07 Å². The van der Waals surface area contributed by atoms with Crippen LogP contribution in [0, 0.1) is 0 Å². The molecule has 0 aliphatic carbocycles. The molecule has 0 radical (unpaired) electrons. The van der Waals surface area contributed by atoms with Crippen molar-refractivity contribution in [2.45, 2.75) is 26.8 Å². The quantitative estimate of drug-likeness (QED) is 0.591. The SMILES string of the molecule is CCN(CC)c1ccc(Nc2cc(C(=O)NC(C)c3ccccc3)ncn2)cc1. The molecule has 3 rings (SSSR count). The van der Waals surface area contributed by atoms with Gasteiger partial charge in [0.2, 0.25) is 0 Å². The molecule has 0 aliphatic heterocycles. The summed E-state index contributed by atoms with van der Waals surface area (Å²) in [7, 11) is 0. The highest BCUT2D eigenvalue weighted by atomic mass is 16.1. The molecule has 0 aliphatic rings. The average molecular weight is 390 g/mol. The molecule has 0 bridgehead atoms. The first-order chi connectivity index (χ1) is 14.1. The summed E-state index contributed by atoms with van der Waals surface area (Å²) in [4.78, 5) is 23.2. The number of hydrogen-bond donors (Lipinski definition) is 2. The van der Waals surface area contributed by atoms with E-state index < -0.39 is 0 Å². The summed E-state index contributed by atoms with van der Waals surface area (Å²) in [6, 6.07) is 19.5. The van der Waals surface area contributed by atoms with Crippen LogP contribution >= 0.6 is 0 Å². The van der Waals surface area contributed by atoms with Gasteiger partial charge >= 0.3 is 0 Å². The third-order valence-electron chi connectivity index (χ3n) is 4.82. The topological polar surface area (TPSA) is 70.2 Å². The Labute approximate surface area is 172 Å². The van der Waals surface area contributed by atoms with Crippen molar-refractivity contribution >= 4 is 23.1 Å². The zero-order chi connectivity index (χ0) is 20.6. The number of benzene rings is 2. The number of hydrogen-bond acceptors (Lipinski definition) is 5. The van der Waals surface area contributed by atoms with Gasteiger partial charge in [-0.1, -0.05) is 30.3 Å². The lowest BCUT2D eigenvalue weighted by molar-refractivity contribution is 0.0934. The zero-order valence-corrected chi connectivity index (χ0v) is 17.1. The molecule has 0 saturated carbocycles. The Kier molecular flexibility index (Phi) is 6.79. The van der Waals surface area contributed by atoms with Gasteiger partial charge in [-0.05, 0) is 50.6 Å². The predicted molar refractivity (Wildman–Crippen MR) is 118 cm³/mol. The second-order valence-corrected chi connectivity index (χ2v) is 6.74. The predicted octanol–water partition coefficient (Wildman–Crippen LogP) is 4.56. The minimum absolute atomic E-state index is 0.109. The number of carbonyl (C=O) groups excluding carboxylic acids is 1. The normalized spacial score (nSPS) is 11.6. The molecule has 2 N–H and O–H groups in total. The molecule has 0 saturated heterocycles. The standard InChI is InChI=1S/C23H27N5O/c1-4-28(5-2)20-13-11-19(12-14-20)27-22-15-21(24-16-25-22)23(29)26-17(3)18-9-7-6-8-10-18/h6-17H,4-5H2,1-3H3,(H,26,29)(H,24,25,27). The molecule has 0 fully saturated rings. The first-order valence-electron chi connectivity index (χ1n) is 9.90. The van der Waals surface area contributed by atoms with Crippen LogP contribution in [0.5, 0.6) is 0 Å². The van der Waals surface area contributed by atoms with Crippen molar-refractivity contribution in [3.63, 3.8) is 0 Å². The third-order valence-corrected chi connectivity index (χ3v) is 4.82. The summed E-state index contributed by atoms with van der Waals surface area (Å²) in [5.41, 5.74) is 3.45. The smallest absolute Gasteiger partial charge is 0.270 e. The Balaban J connectivity index is 1.67. The maximum Gasteiger partial charge on any atom is 0.270 e. The first-order valence-corrected chi connectivity index (χ1v) is 9.90. The number of anilines is 3. The van der Waals surface area contributed by atoms with Crippen molar-refractivity contribution in [1.29, 1.82) is 0 Å². The molecule has 1 aromatic heterocycles. The number of amides is 1. The zero-order valence-electron chi connectivity index (χ0n) is 17.1. The summed E-state index contributed by atoms with van der Waals surface area (Å²) in [6.45, 7) is 8.17. The van der Waals surface area contributed by atoms with Crippen LogP contribution < -0.4 is 15.5 Å². The van der Waals surface area contributed by atoms with E-state index in [9.17, 15) is 4.79 Å². The monoisotopic (exact) mass is 389 g/mol. The number of nitrogens with one attached hydrogen (secondary N) is 2. The molecule has 6 heteroatoms. The molecule has 29 heavy (non-hydrogen) atoms. The first kappa shape index (κ1) is 20.3. The summed E-state index contributed by atoms with van der Waals surface area (Å²) < 4.78 is 0. The lowest BCUT2D eigenvalue weighted by atomic mass is 10.1. The van der Waals surface area contributed by atoms with Gasteiger partial charge in [0.15, 0.2) is 0 Å². The highest BCUT2D eigenvalue weighted by Gasteiger charge is 2.13. The van der Waals surface area contributed by atoms with Gasteiger partial charge in [0, 0.05) is 30.5 Å². The Hall–Kier alpha value is -3.41. The van der Waals surface area contributed by atoms with E-state index in [1.807, 2.05) is 49.4 Å². The Bertz CT molecular complexity index is 924. The van der Waals surface area contributed by atoms with E-state index in [0.717, 1.165) is 24.3 Å². The second kappa shape index (κ2) is 9.68. The summed E-state index contributed by atoms with van der Waals surface area (Å²) >= 11 is 0. The van der Waals surface area contributed by atoms with E-state index in [0.29, 0.717) is 11.5 Å². The maximum atomic E-state index is 12.6. The summed E-state index contributed by atoms with van der Waals surface area (Å²) in [6.07, 6.45) is 1.40. The lowest BCUT2D eigenvalue weighted by Gasteiger charge is -2.21. The van der Waals surface area contributed by atoms with Crippen molar-refractivity contribution in [3.05, 3.63) is 78.2 Å². The Morgan fingerprint density at radius 3 is 2.34 bits per heavy atom. The van der Waals surface area contributed by atoms with Gasteiger partial charge in [0.25, 0.3) is 5.91 Å². The Morgan fingerprint density at radius 1 is 1.00 bits per heavy atom. The molecule has 1 amide bonds. The molecule has 3 aromatic rings. The fraction of sp³-hybridized carbons (Fsp3) is 0.261. The number of nitrogens with zero attached hydrogens (tertiary/aromatic N) is 3. The van der Waals surface area contributed by atoms with E-state index in [-0.39, 0.29) is 11.9 Å². The fourth-order valence-electron chi connectivity index (χ4n) is 3.14. The van der Waals surface area contributed by atoms with E-state index in [2.05, 4.69) is 51.5 Å². The molecule has 1 atom stereocenters. The van der Waals surface area contributed by atoms with Gasteiger partial charge in [-0.15, -0.1) is 0 Å². The van der Waals surface area contributed by atoms with Gasteiger partial charge in [-0.3, -0.25) is 4.79 Å². The number of carbonyl (C=O) groups is 1. The molecular weight excluding hydrogens is 362 g/mol. The molecule has 0 spiro atoms. The van der Waals surface area contributed by atoms with Crippen LogP contribution in [0.1, 0.15) is 42.9 Å². The molecule has 6 nitrogen and oxygen atoms in total. The molecule has 2 aromatic carbocycles. The maximum absolute atomic E-state index is 12.6. The molecule has 1 unspecified atom stereocenters. The van der Waals surface area contributed by atoms with E-state index >= 15 is 0 Å². The van der Waals surface area contributed by atoms with Crippen LogP contribution in [0.3, 0.4) is 0 Å². The third kappa shape index (κ3) is 5.31. The fourth-order valence-corrected chi connectivity index (χ4v) is 3.14. The second-order valence-electron chi connectivity index (χ2n) is 6.74. The van der Waals surface area contributed by atoms with Crippen molar-refractivity contribution in [3.8, 4) is 0 Å². The van der Waals surface area contributed by atoms with Crippen LogP contribution in [0.4, 0.5) is 17.2 Å². The van der Waals surface area contributed by atoms with Crippen LogP contribution in [0.2, 0.25) is 0 Å². The van der Waals surface area contributed by atoms with Gasteiger partial charge in [-0.25, -0.2) is 9.97 Å². The minimum atomic E-state index is -0.233. The summed E-state index contributed by atoms with van der Waals surface area (Å²) in [5, 5.41) is 6.21. The van der Waals surface area contributed by atoms with E-state index in [4.69, 9.17) is 0 Å². The van der Waals surface area contributed by atoms with Gasteiger partial charge in [0.1, 0.15) is 17.8 Å². The minimum Gasteiger partial charge on any atom is -0.372 e. The van der Waals surface area contributed by atoms with Crippen molar-refractivity contribution in [2.75, 3.05) is 23.3 Å². The number of aromatic nitrogens is 2. The Morgan fingerprint density at radius 2 is 1.69 bits per heavy atom. The van der Waals surface area contributed by atoms with Crippen LogP contribution in [0.15, 0.2) is 67.0 Å². The molecule has 1 heterocycles. The summed E-state index contributed by atoms with van der Waals surface area (Å²) in [5.74, 6) is 0.344. The van der Waals surface area contributed by atoms with Crippen molar-refractivity contribution < 1.29 is 4.79 Å². The van der Waals surface area contributed by atoms with Crippen LogP contribution in [-0.2, 0) is 0 Å². The highest BCUT2D eigenvalue weighted by Crippen LogP contribution is 2.20. The van der Waals surface area contributed by atoms with Crippen molar-refractivity contribution in [2.24, 2.45) is 0 Å².